The largest absolute Gasteiger partial charge is 0.449 e. The van der Waals surface area contributed by atoms with Crippen LogP contribution in [0.1, 0.15) is 20.3 Å². The molecule has 4 heteroatoms. The molecule has 0 radical (unpaired) electrons. The van der Waals surface area contributed by atoms with Crippen molar-refractivity contribution in [2.75, 3.05) is 32.9 Å². The van der Waals surface area contributed by atoms with Crippen LogP contribution >= 0.6 is 0 Å². The van der Waals surface area contributed by atoms with Crippen molar-refractivity contribution in [3.63, 3.8) is 0 Å². The molecular weight excluding hydrogens is 194 g/mol. The minimum atomic E-state index is -0.220. The van der Waals surface area contributed by atoms with Crippen LogP contribution in [0.15, 0.2) is 11.6 Å². The highest BCUT2D eigenvalue weighted by molar-refractivity contribution is 5.67. The van der Waals surface area contributed by atoms with E-state index in [1.165, 1.54) is 5.57 Å². The van der Waals surface area contributed by atoms with Gasteiger partial charge in [0.1, 0.15) is 0 Å². The predicted molar refractivity (Wildman–Crippen MR) is 57.8 cm³/mol. The Morgan fingerprint density at radius 1 is 1.47 bits per heavy atom. The summed E-state index contributed by atoms with van der Waals surface area (Å²) in [5.74, 6) is 0. The van der Waals surface area contributed by atoms with Gasteiger partial charge in [0.05, 0.1) is 19.8 Å². The number of carbonyl (C=O) groups excluding carboxylic acids is 1. The van der Waals surface area contributed by atoms with Gasteiger partial charge in [-0.3, -0.25) is 0 Å². The normalized spacial score (nSPS) is 17.7. The Labute approximate surface area is 90.8 Å². The molecule has 4 nitrogen and oxygen atoms in total. The Morgan fingerprint density at radius 2 is 2.13 bits per heavy atom. The number of allylic oxidation sites excluding steroid dienone is 1. The number of carbonyl (C=O) groups is 1. The van der Waals surface area contributed by atoms with Crippen molar-refractivity contribution >= 4 is 6.09 Å². The van der Waals surface area contributed by atoms with Crippen molar-refractivity contribution in [3.8, 4) is 0 Å². The third kappa shape index (κ3) is 4.34. The van der Waals surface area contributed by atoms with E-state index in [0.29, 0.717) is 32.9 Å². The van der Waals surface area contributed by atoms with E-state index in [1.807, 2.05) is 19.9 Å². The number of morpholine rings is 1. The first-order valence-corrected chi connectivity index (χ1v) is 5.35. The van der Waals surface area contributed by atoms with Crippen LogP contribution in [-0.4, -0.2) is 43.9 Å². The Hall–Kier alpha value is -1.03. The molecule has 1 rings (SSSR count). The van der Waals surface area contributed by atoms with E-state index in [1.54, 1.807) is 4.90 Å². The number of ether oxygens (including phenoxy) is 2. The maximum Gasteiger partial charge on any atom is 0.409 e. The lowest BCUT2D eigenvalue weighted by Gasteiger charge is -2.25. The fraction of sp³-hybridized carbons (Fsp3) is 0.727. The van der Waals surface area contributed by atoms with E-state index in [4.69, 9.17) is 9.47 Å². The molecule has 1 aliphatic rings. The second kappa shape index (κ2) is 6.45. The molecule has 0 spiro atoms. The van der Waals surface area contributed by atoms with E-state index in [-0.39, 0.29) is 6.09 Å². The topological polar surface area (TPSA) is 38.8 Å². The smallest absolute Gasteiger partial charge is 0.409 e. The molecule has 0 aromatic heterocycles. The Bertz CT molecular complexity index is 232. The Morgan fingerprint density at radius 3 is 2.73 bits per heavy atom. The summed E-state index contributed by atoms with van der Waals surface area (Å²) < 4.78 is 10.3. The van der Waals surface area contributed by atoms with Gasteiger partial charge in [0.25, 0.3) is 0 Å². The first-order chi connectivity index (χ1) is 7.24. The molecule has 0 aromatic rings. The molecule has 1 saturated heterocycles. The number of hydrogen-bond acceptors (Lipinski definition) is 3. The molecule has 1 aliphatic heterocycles. The zero-order valence-corrected chi connectivity index (χ0v) is 9.49. The molecule has 0 aromatic carbocycles. The molecule has 0 aliphatic carbocycles. The van der Waals surface area contributed by atoms with E-state index in [2.05, 4.69) is 0 Å². The Kier molecular flexibility index (Phi) is 5.18. The average molecular weight is 213 g/mol. The first-order valence-electron chi connectivity index (χ1n) is 5.35. The van der Waals surface area contributed by atoms with Crippen LogP contribution in [0.5, 0.6) is 0 Å². The highest BCUT2D eigenvalue weighted by Crippen LogP contribution is 2.03. The van der Waals surface area contributed by atoms with Gasteiger partial charge in [-0.2, -0.15) is 0 Å². The van der Waals surface area contributed by atoms with Gasteiger partial charge < -0.3 is 14.4 Å². The summed E-state index contributed by atoms with van der Waals surface area (Å²) in [6.07, 6.45) is 2.62. The lowest BCUT2D eigenvalue weighted by atomic mass is 10.2. The maximum absolute atomic E-state index is 11.5. The van der Waals surface area contributed by atoms with Gasteiger partial charge in [0.2, 0.25) is 0 Å². The predicted octanol–water partition coefficient (Wildman–Crippen LogP) is 1.81. The minimum Gasteiger partial charge on any atom is -0.449 e. The van der Waals surface area contributed by atoms with Crippen molar-refractivity contribution in [2.24, 2.45) is 0 Å². The van der Waals surface area contributed by atoms with Crippen molar-refractivity contribution in [1.82, 2.24) is 4.90 Å². The molecule has 15 heavy (non-hydrogen) atoms. The van der Waals surface area contributed by atoms with Gasteiger partial charge in [-0.05, 0) is 13.8 Å². The van der Waals surface area contributed by atoms with Crippen LogP contribution in [0, 0.1) is 0 Å². The number of rotatable bonds is 3. The third-order valence-corrected chi connectivity index (χ3v) is 2.48. The van der Waals surface area contributed by atoms with E-state index < -0.39 is 0 Å². The molecule has 0 atom stereocenters. The summed E-state index contributed by atoms with van der Waals surface area (Å²) in [5, 5.41) is 0. The van der Waals surface area contributed by atoms with Crippen molar-refractivity contribution in [3.05, 3.63) is 11.6 Å². The van der Waals surface area contributed by atoms with Crippen molar-refractivity contribution in [1.29, 1.82) is 0 Å². The quantitative estimate of drug-likeness (QED) is 0.671. The van der Waals surface area contributed by atoms with Gasteiger partial charge in [-0.1, -0.05) is 11.6 Å². The van der Waals surface area contributed by atoms with Crippen molar-refractivity contribution < 1.29 is 14.3 Å². The van der Waals surface area contributed by atoms with Crippen molar-refractivity contribution in [2.45, 2.75) is 20.3 Å². The summed E-state index contributed by atoms with van der Waals surface area (Å²) in [6, 6.07) is 0. The number of hydrogen-bond donors (Lipinski definition) is 0. The molecule has 0 bridgehead atoms. The number of amides is 1. The molecule has 0 unspecified atom stereocenters. The monoisotopic (exact) mass is 213 g/mol. The van der Waals surface area contributed by atoms with Gasteiger partial charge >= 0.3 is 6.09 Å². The van der Waals surface area contributed by atoms with Gasteiger partial charge in [-0.25, -0.2) is 4.79 Å². The first kappa shape index (κ1) is 12.0. The van der Waals surface area contributed by atoms with Crippen LogP contribution in [0.3, 0.4) is 0 Å². The van der Waals surface area contributed by atoms with Crippen LogP contribution < -0.4 is 0 Å². The second-order valence-corrected chi connectivity index (χ2v) is 3.60. The highest BCUT2D eigenvalue weighted by atomic mass is 16.6. The second-order valence-electron chi connectivity index (χ2n) is 3.60. The molecule has 1 fully saturated rings. The third-order valence-electron chi connectivity index (χ3n) is 2.48. The SMILES string of the molecule is CC=C(C)CCOC(=O)N1CCOCC1. The van der Waals surface area contributed by atoms with Gasteiger partial charge in [0.15, 0.2) is 0 Å². The van der Waals surface area contributed by atoms with Crippen LogP contribution in [-0.2, 0) is 9.47 Å². The van der Waals surface area contributed by atoms with Crippen LogP contribution in [0.4, 0.5) is 4.79 Å². The molecule has 1 amide bonds. The average Bonchev–Trinajstić information content (AvgIpc) is 2.29. The fourth-order valence-electron chi connectivity index (χ4n) is 1.28. The van der Waals surface area contributed by atoms with E-state index in [0.717, 1.165) is 6.42 Å². The van der Waals surface area contributed by atoms with Crippen LogP contribution in [0.25, 0.3) is 0 Å². The molecule has 0 N–H and O–H groups in total. The molecular formula is C11H19NO3. The molecule has 86 valence electrons. The highest BCUT2D eigenvalue weighted by Gasteiger charge is 2.17. The Balaban J connectivity index is 2.17. The molecule has 0 saturated carbocycles. The van der Waals surface area contributed by atoms with Gasteiger partial charge in [0, 0.05) is 19.5 Å². The zero-order chi connectivity index (χ0) is 11.1. The summed E-state index contributed by atoms with van der Waals surface area (Å²) in [5.41, 5.74) is 1.24. The fourth-order valence-corrected chi connectivity index (χ4v) is 1.28. The van der Waals surface area contributed by atoms with E-state index >= 15 is 0 Å². The maximum atomic E-state index is 11.5. The summed E-state index contributed by atoms with van der Waals surface area (Å²) in [6.45, 7) is 6.99. The summed E-state index contributed by atoms with van der Waals surface area (Å²) >= 11 is 0. The van der Waals surface area contributed by atoms with Crippen LogP contribution in [0.2, 0.25) is 0 Å². The lowest BCUT2D eigenvalue weighted by Crippen LogP contribution is -2.41. The summed E-state index contributed by atoms with van der Waals surface area (Å²) in [4.78, 5) is 13.2. The standard InChI is InChI=1S/C11H19NO3/c1-3-10(2)4-7-15-11(13)12-5-8-14-9-6-12/h3H,4-9H2,1-2H3. The summed E-state index contributed by atoms with van der Waals surface area (Å²) in [7, 11) is 0. The van der Waals surface area contributed by atoms with E-state index in [9.17, 15) is 4.79 Å². The zero-order valence-electron chi connectivity index (χ0n) is 9.49. The minimum absolute atomic E-state index is 0.220. The number of nitrogens with zero attached hydrogens (tertiary/aromatic N) is 1. The molecule has 1 heterocycles. The lowest BCUT2D eigenvalue weighted by molar-refractivity contribution is 0.0275. The van der Waals surface area contributed by atoms with Gasteiger partial charge in [-0.15, -0.1) is 0 Å².